The van der Waals surface area contributed by atoms with Crippen molar-refractivity contribution >= 4 is 5.78 Å². The van der Waals surface area contributed by atoms with Crippen molar-refractivity contribution < 1.29 is 13.6 Å². The average molecular weight is 218 g/mol. The van der Waals surface area contributed by atoms with Crippen LogP contribution < -0.4 is 0 Å². The molecule has 0 unspecified atom stereocenters. The van der Waals surface area contributed by atoms with E-state index in [2.05, 4.69) is 0 Å². The van der Waals surface area contributed by atoms with Crippen molar-refractivity contribution in [2.75, 3.05) is 0 Å². The standard InChI is InChI=1S/C12H20F2O/c1-12(13,14)11(15)9-10-7-5-3-2-4-6-8-10/h10H,2-9H2,1H3. The molecule has 0 heterocycles. The number of ketones is 1. The number of Topliss-reactive ketones (excluding diaryl/α,β-unsaturated/α-hetero) is 1. The summed E-state index contributed by atoms with van der Waals surface area (Å²) >= 11 is 0. The lowest BCUT2D eigenvalue weighted by molar-refractivity contribution is -0.141. The van der Waals surface area contributed by atoms with E-state index in [-0.39, 0.29) is 12.3 Å². The smallest absolute Gasteiger partial charge is 0.293 e. The molecule has 0 saturated heterocycles. The number of rotatable bonds is 3. The molecule has 1 aliphatic rings. The van der Waals surface area contributed by atoms with Crippen LogP contribution in [0.5, 0.6) is 0 Å². The first-order valence-corrected chi connectivity index (χ1v) is 5.91. The molecule has 0 amide bonds. The third kappa shape index (κ3) is 4.72. The van der Waals surface area contributed by atoms with E-state index in [1.807, 2.05) is 0 Å². The summed E-state index contributed by atoms with van der Waals surface area (Å²) in [5.41, 5.74) is 0. The molecule has 1 nitrogen and oxygen atoms in total. The zero-order valence-electron chi connectivity index (χ0n) is 9.40. The number of halogens is 2. The minimum absolute atomic E-state index is 0.0729. The van der Waals surface area contributed by atoms with Crippen LogP contribution >= 0.6 is 0 Å². The molecule has 1 saturated carbocycles. The van der Waals surface area contributed by atoms with Gasteiger partial charge in [-0.15, -0.1) is 0 Å². The molecule has 0 aromatic heterocycles. The summed E-state index contributed by atoms with van der Waals surface area (Å²) in [7, 11) is 0. The first kappa shape index (κ1) is 12.6. The summed E-state index contributed by atoms with van der Waals surface area (Å²) in [5, 5.41) is 0. The second-order valence-corrected chi connectivity index (χ2v) is 4.73. The Kier molecular flexibility index (Phi) is 4.68. The number of alkyl halides is 2. The van der Waals surface area contributed by atoms with Crippen molar-refractivity contribution in [2.45, 2.75) is 64.2 Å². The minimum atomic E-state index is -3.14. The second-order valence-electron chi connectivity index (χ2n) is 4.73. The maximum absolute atomic E-state index is 12.7. The molecule has 0 aliphatic heterocycles. The van der Waals surface area contributed by atoms with E-state index in [9.17, 15) is 13.6 Å². The SMILES string of the molecule is CC(F)(F)C(=O)CC1CCCCCCC1. The van der Waals surface area contributed by atoms with Crippen LogP contribution in [0.15, 0.2) is 0 Å². The molecule has 0 spiro atoms. The van der Waals surface area contributed by atoms with Crippen LogP contribution in [0, 0.1) is 5.92 Å². The Balaban J connectivity index is 2.38. The molecular formula is C12H20F2O. The van der Waals surface area contributed by atoms with E-state index in [1.165, 1.54) is 19.3 Å². The summed E-state index contributed by atoms with van der Waals surface area (Å²) in [6.07, 6.45) is 7.78. The van der Waals surface area contributed by atoms with E-state index < -0.39 is 11.7 Å². The largest absolute Gasteiger partial charge is 0.302 e. The van der Waals surface area contributed by atoms with Crippen molar-refractivity contribution in [3.8, 4) is 0 Å². The van der Waals surface area contributed by atoms with Crippen LogP contribution in [0.3, 0.4) is 0 Å². The summed E-state index contributed by atoms with van der Waals surface area (Å²) in [6, 6.07) is 0. The van der Waals surface area contributed by atoms with Crippen LogP contribution in [0.1, 0.15) is 58.3 Å². The van der Waals surface area contributed by atoms with Crippen molar-refractivity contribution in [1.82, 2.24) is 0 Å². The molecule has 1 rings (SSSR count). The molecule has 0 atom stereocenters. The monoisotopic (exact) mass is 218 g/mol. The molecule has 15 heavy (non-hydrogen) atoms. The van der Waals surface area contributed by atoms with Crippen LogP contribution in [0.2, 0.25) is 0 Å². The molecule has 1 aliphatic carbocycles. The first-order chi connectivity index (χ1) is 7.00. The van der Waals surface area contributed by atoms with Crippen molar-refractivity contribution in [3.05, 3.63) is 0 Å². The predicted molar refractivity (Wildman–Crippen MR) is 56.1 cm³/mol. The van der Waals surface area contributed by atoms with E-state index in [0.29, 0.717) is 6.92 Å². The molecule has 0 radical (unpaired) electrons. The van der Waals surface area contributed by atoms with Crippen molar-refractivity contribution in [2.24, 2.45) is 5.92 Å². The van der Waals surface area contributed by atoms with Crippen LogP contribution in [-0.2, 0) is 4.79 Å². The fourth-order valence-electron chi connectivity index (χ4n) is 2.19. The van der Waals surface area contributed by atoms with Gasteiger partial charge in [0.25, 0.3) is 0 Å². The lowest BCUT2D eigenvalue weighted by Gasteiger charge is -2.20. The average Bonchev–Trinajstić information content (AvgIpc) is 2.07. The van der Waals surface area contributed by atoms with Gasteiger partial charge < -0.3 is 0 Å². The Hall–Kier alpha value is -0.470. The van der Waals surface area contributed by atoms with E-state index in [0.717, 1.165) is 25.7 Å². The quantitative estimate of drug-likeness (QED) is 0.700. The lowest BCUT2D eigenvalue weighted by atomic mass is 9.87. The lowest BCUT2D eigenvalue weighted by Crippen LogP contribution is -2.26. The van der Waals surface area contributed by atoms with Crippen LogP contribution in [-0.4, -0.2) is 11.7 Å². The van der Waals surface area contributed by atoms with Gasteiger partial charge in [-0.1, -0.05) is 44.9 Å². The fraction of sp³-hybridized carbons (Fsp3) is 0.917. The summed E-state index contributed by atoms with van der Waals surface area (Å²) in [5.74, 6) is -3.82. The molecule has 3 heteroatoms. The highest BCUT2D eigenvalue weighted by molar-refractivity contribution is 5.85. The maximum Gasteiger partial charge on any atom is 0.302 e. The van der Waals surface area contributed by atoms with Gasteiger partial charge in [-0.2, -0.15) is 8.78 Å². The van der Waals surface area contributed by atoms with Gasteiger partial charge in [-0.3, -0.25) is 4.79 Å². The number of carbonyl (C=O) groups is 1. The molecule has 0 aromatic carbocycles. The summed E-state index contributed by atoms with van der Waals surface area (Å²) in [4.78, 5) is 11.2. The highest BCUT2D eigenvalue weighted by Crippen LogP contribution is 2.27. The van der Waals surface area contributed by atoms with Gasteiger partial charge >= 0.3 is 5.92 Å². The van der Waals surface area contributed by atoms with Gasteiger partial charge in [-0.25, -0.2) is 0 Å². The van der Waals surface area contributed by atoms with Crippen molar-refractivity contribution in [1.29, 1.82) is 0 Å². The topological polar surface area (TPSA) is 17.1 Å². The molecule has 0 aromatic rings. The Bertz CT molecular complexity index is 200. The van der Waals surface area contributed by atoms with Gasteiger partial charge in [0.15, 0.2) is 0 Å². The molecular weight excluding hydrogens is 198 g/mol. The zero-order valence-corrected chi connectivity index (χ0v) is 9.40. The Morgan fingerprint density at radius 3 is 2.07 bits per heavy atom. The summed E-state index contributed by atoms with van der Waals surface area (Å²) in [6.45, 7) is 0.707. The third-order valence-electron chi connectivity index (χ3n) is 3.19. The molecule has 88 valence electrons. The molecule has 0 bridgehead atoms. The van der Waals surface area contributed by atoms with E-state index >= 15 is 0 Å². The molecule has 1 fully saturated rings. The number of hydrogen-bond donors (Lipinski definition) is 0. The third-order valence-corrected chi connectivity index (χ3v) is 3.19. The van der Waals surface area contributed by atoms with Gasteiger partial charge in [0.05, 0.1) is 0 Å². The second kappa shape index (κ2) is 5.57. The van der Waals surface area contributed by atoms with E-state index in [4.69, 9.17) is 0 Å². The fourth-order valence-corrected chi connectivity index (χ4v) is 2.19. The maximum atomic E-state index is 12.7. The van der Waals surface area contributed by atoms with Crippen LogP contribution in [0.4, 0.5) is 8.78 Å². The number of carbonyl (C=O) groups excluding carboxylic acids is 1. The Morgan fingerprint density at radius 2 is 1.60 bits per heavy atom. The highest BCUT2D eigenvalue weighted by Gasteiger charge is 2.33. The number of hydrogen-bond acceptors (Lipinski definition) is 1. The van der Waals surface area contributed by atoms with Gasteiger partial charge in [-0.05, 0) is 5.92 Å². The van der Waals surface area contributed by atoms with Crippen molar-refractivity contribution in [3.63, 3.8) is 0 Å². The first-order valence-electron chi connectivity index (χ1n) is 5.91. The highest BCUT2D eigenvalue weighted by atomic mass is 19.3. The normalized spacial score (nSPS) is 20.7. The van der Waals surface area contributed by atoms with Crippen LogP contribution in [0.25, 0.3) is 0 Å². The zero-order chi connectivity index (χ0) is 11.3. The van der Waals surface area contributed by atoms with E-state index in [1.54, 1.807) is 0 Å². The Morgan fingerprint density at radius 1 is 1.13 bits per heavy atom. The molecule has 0 N–H and O–H groups in total. The predicted octanol–water partition coefficient (Wildman–Crippen LogP) is 3.96. The van der Waals surface area contributed by atoms with Gasteiger partial charge in [0.1, 0.15) is 0 Å². The summed E-state index contributed by atoms with van der Waals surface area (Å²) < 4.78 is 25.4. The van der Waals surface area contributed by atoms with Gasteiger partial charge in [0, 0.05) is 13.3 Å². The minimum Gasteiger partial charge on any atom is -0.293 e. The Labute approximate surface area is 90.2 Å². The van der Waals surface area contributed by atoms with Gasteiger partial charge in [0.2, 0.25) is 5.78 Å².